The minimum absolute atomic E-state index is 0.0563. The molecule has 0 unspecified atom stereocenters. The quantitative estimate of drug-likeness (QED) is 0.189. The molecule has 0 aromatic heterocycles. The van der Waals surface area contributed by atoms with Gasteiger partial charge in [0.2, 0.25) is 9.58 Å². The molecule has 1 fully saturated rings. The predicted molar refractivity (Wildman–Crippen MR) is 166 cm³/mol. The van der Waals surface area contributed by atoms with Crippen molar-refractivity contribution in [2.45, 2.75) is 48.7 Å². The van der Waals surface area contributed by atoms with Gasteiger partial charge in [-0.05, 0) is 38.6 Å². The highest BCUT2D eigenvalue weighted by Gasteiger charge is 2.72. The first kappa shape index (κ1) is 34.6. The number of alkyl carbamates (subject to hydrolysis) is 1. The number of phenols is 1. The molecule has 0 bridgehead atoms. The van der Waals surface area contributed by atoms with Crippen molar-refractivity contribution in [1.29, 1.82) is 0 Å². The van der Waals surface area contributed by atoms with Crippen molar-refractivity contribution in [3.05, 3.63) is 39.7 Å². The largest absolute Gasteiger partial charge is 0.508 e. The number of likely N-dealkylation sites (N-methyl/N-ethyl adjacent to an activating group) is 1. The Kier molecular flexibility index (Phi) is 8.65. The second kappa shape index (κ2) is 11.2. The predicted octanol–water partition coefficient (Wildman–Crippen LogP) is 2.41. The number of ketones is 2. The number of amides is 2. The Morgan fingerprint density at radius 2 is 1.73 bits per heavy atom. The molecule has 4 rings (SSSR count). The average molecular weight is 690 g/mol. The van der Waals surface area contributed by atoms with Crippen LogP contribution >= 0.6 is 34.8 Å². The highest BCUT2D eigenvalue weighted by atomic mass is 35.6. The Hall–Kier alpha value is -3.23. The number of phenolic OH excluding ortho intramolecular Hbond substituents is 1. The van der Waals surface area contributed by atoms with Gasteiger partial charge >= 0.3 is 6.09 Å². The third kappa shape index (κ3) is 5.28. The lowest BCUT2D eigenvalue weighted by Gasteiger charge is -2.59. The van der Waals surface area contributed by atoms with Crippen LogP contribution in [0.4, 0.5) is 10.5 Å². The van der Waals surface area contributed by atoms with Crippen molar-refractivity contribution in [2.75, 3.05) is 39.7 Å². The summed E-state index contributed by atoms with van der Waals surface area (Å²) in [6.45, 7) is 2.30. The van der Waals surface area contributed by atoms with Crippen LogP contribution in [0.25, 0.3) is 5.76 Å². The van der Waals surface area contributed by atoms with Crippen molar-refractivity contribution in [3.63, 3.8) is 0 Å². The summed E-state index contributed by atoms with van der Waals surface area (Å²) in [6, 6.07) is 0.331. The van der Waals surface area contributed by atoms with Crippen LogP contribution in [0.15, 0.2) is 23.0 Å². The van der Waals surface area contributed by atoms with Crippen molar-refractivity contribution in [1.82, 2.24) is 10.2 Å². The van der Waals surface area contributed by atoms with Crippen LogP contribution in [0.2, 0.25) is 0 Å². The first-order valence-electron chi connectivity index (χ1n) is 13.7. The molecule has 1 aromatic rings. The van der Waals surface area contributed by atoms with Crippen LogP contribution in [-0.2, 0) is 32.1 Å². The number of alkyl halides is 3. The van der Waals surface area contributed by atoms with E-state index in [0.29, 0.717) is 11.3 Å². The van der Waals surface area contributed by atoms with E-state index in [1.807, 2.05) is 0 Å². The number of benzene rings is 1. The average Bonchev–Trinajstić information content (AvgIpc) is 2.88. The number of carbonyl (C=O) groups is 4. The van der Waals surface area contributed by atoms with Crippen LogP contribution in [0.1, 0.15) is 37.0 Å². The fourth-order valence-electron chi connectivity index (χ4n) is 7.32. The van der Waals surface area contributed by atoms with Crippen molar-refractivity contribution < 1.29 is 44.3 Å². The second-order valence-electron chi connectivity index (χ2n) is 12.6. The van der Waals surface area contributed by atoms with Gasteiger partial charge in [0, 0.05) is 48.3 Å². The molecule has 13 nitrogen and oxygen atoms in total. The summed E-state index contributed by atoms with van der Waals surface area (Å²) in [4.78, 5) is 55.7. The van der Waals surface area contributed by atoms with Gasteiger partial charge in [0.25, 0.3) is 5.91 Å². The van der Waals surface area contributed by atoms with E-state index in [1.54, 1.807) is 32.0 Å². The third-order valence-electron chi connectivity index (χ3n) is 8.96. The number of nitrogens with two attached hydrogens (primary N) is 1. The molecule has 45 heavy (non-hydrogen) atoms. The molecule has 2 amide bonds. The topological polar surface area (TPSA) is 203 Å². The molecule has 0 radical (unpaired) electrons. The number of nitrogens with one attached hydrogen (secondary N) is 1. The normalized spacial score (nSPS) is 28.0. The number of Topliss-reactive ketones (excluding diaryl/α,β-unsaturated/α-hetero) is 2. The number of rotatable bonds is 6. The van der Waals surface area contributed by atoms with Crippen molar-refractivity contribution in [3.8, 4) is 5.75 Å². The number of aromatic hydroxyl groups is 1. The zero-order valence-corrected chi connectivity index (χ0v) is 27.7. The Morgan fingerprint density at radius 3 is 2.24 bits per heavy atom. The Labute approximate surface area is 274 Å². The SMILES string of the molecule is CN(C)c1cc(CNC(=O)OCC(Cl)(Cl)Cl)c(O)c2c1C[C@@]1(C)C[C@@]3(C)[C@H](N(C)C)C(=O)C(C(N)=O)=C(O)[C@@]3(O)C(=O)C1=C2O. The fraction of sp³-hybridized carbons (Fsp3) is 0.517. The number of aliphatic hydroxyl groups is 3. The number of primary amides is 1. The van der Waals surface area contributed by atoms with Gasteiger partial charge in [0.05, 0.1) is 11.6 Å². The molecule has 0 aliphatic heterocycles. The lowest BCUT2D eigenvalue weighted by molar-refractivity contribution is -0.175. The number of fused-ring (bicyclic) bond motifs is 3. The van der Waals surface area contributed by atoms with E-state index in [9.17, 15) is 39.6 Å². The van der Waals surface area contributed by atoms with Crippen LogP contribution in [0.3, 0.4) is 0 Å². The summed E-state index contributed by atoms with van der Waals surface area (Å²) in [6.07, 6.45) is -1.02. The number of hydrogen-bond donors (Lipinski definition) is 6. The van der Waals surface area contributed by atoms with Gasteiger partial charge in [-0.3, -0.25) is 19.3 Å². The Bertz CT molecular complexity index is 1580. The van der Waals surface area contributed by atoms with Gasteiger partial charge in [0.1, 0.15) is 29.4 Å². The smallest absolute Gasteiger partial charge is 0.407 e. The van der Waals surface area contributed by atoms with Gasteiger partial charge in [-0.25, -0.2) is 4.79 Å². The van der Waals surface area contributed by atoms with Gasteiger partial charge in [0.15, 0.2) is 11.4 Å². The second-order valence-corrected chi connectivity index (χ2v) is 15.1. The zero-order chi connectivity index (χ0) is 34.2. The summed E-state index contributed by atoms with van der Waals surface area (Å²) < 4.78 is 3.01. The molecule has 0 heterocycles. The number of carbonyl (C=O) groups excluding carboxylic acids is 4. The minimum atomic E-state index is -2.84. The van der Waals surface area contributed by atoms with E-state index in [-0.39, 0.29) is 36.1 Å². The maximum Gasteiger partial charge on any atom is 0.407 e. The molecule has 3 aliphatic carbocycles. The van der Waals surface area contributed by atoms with Gasteiger partial charge in [-0.15, -0.1) is 0 Å². The number of nitrogens with zero attached hydrogens (tertiary/aromatic N) is 2. The zero-order valence-electron chi connectivity index (χ0n) is 25.4. The van der Waals surface area contributed by atoms with Gasteiger partial charge in [-0.2, -0.15) is 0 Å². The van der Waals surface area contributed by atoms with Crippen molar-refractivity contribution >= 4 is 69.8 Å². The van der Waals surface area contributed by atoms with E-state index in [0.717, 1.165) is 0 Å². The first-order valence-corrected chi connectivity index (χ1v) is 14.8. The number of ether oxygens (including phenoxy) is 1. The highest BCUT2D eigenvalue weighted by Crippen LogP contribution is 2.63. The summed E-state index contributed by atoms with van der Waals surface area (Å²) in [5, 5.41) is 48.9. The Balaban J connectivity index is 1.92. The van der Waals surface area contributed by atoms with Crippen LogP contribution < -0.4 is 16.0 Å². The van der Waals surface area contributed by atoms with E-state index in [2.05, 4.69) is 5.32 Å². The van der Waals surface area contributed by atoms with Crippen molar-refractivity contribution in [2.24, 2.45) is 16.6 Å². The van der Waals surface area contributed by atoms with Crippen LogP contribution in [0, 0.1) is 10.8 Å². The fourth-order valence-corrected chi connectivity index (χ4v) is 7.49. The van der Waals surface area contributed by atoms with Crippen LogP contribution in [-0.4, -0.2) is 99.1 Å². The summed E-state index contributed by atoms with van der Waals surface area (Å²) in [5.74, 6) is -5.67. The van der Waals surface area contributed by atoms with E-state index < -0.39 is 79.3 Å². The molecule has 0 saturated heterocycles. The maximum atomic E-state index is 14.4. The molecule has 1 saturated carbocycles. The number of anilines is 1. The molecular formula is C29H35Cl3N4O9. The molecule has 4 atom stereocenters. The maximum absolute atomic E-state index is 14.4. The number of halogens is 3. The summed E-state index contributed by atoms with van der Waals surface area (Å²) >= 11 is 16.8. The molecular weight excluding hydrogens is 655 g/mol. The van der Waals surface area contributed by atoms with Crippen LogP contribution in [0.5, 0.6) is 5.75 Å². The molecule has 16 heteroatoms. The lowest BCUT2D eigenvalue weighted by Crippen LogP contribution is -2.72. The monoisotopic (exact) mass is 688 g/mol. The number of aliphatic hydroxyl groups excluding tert-OH is 2. The summed E-state index contributed by atoms with van der Waals surface area (Å²) in [5.41, 5.74) is -0.588. The molecule has 3 aliphatic rings. The molecule has 246 valence electrons. The number of hydrogen-bond acceptors (Lipinski definition) is 11. The van der Waals surface area contributed by atoms with Gasteiger partial charge < -0.3 is 41.1 Å². The standard InChI is InChI=1S/C29H35Cl3N4O9/c1-26-8-13-14(35(3)4)7-12(9-34-25(43)45-11-28(30,31)32)18(37)15(13)19(38)17(26)23(41)29(44)22(40)16(24(33)42)20(39)21(36(5)6)27(29,2)10-26/h7,21,37-38,40,44H,8-11H2,1-6H3,(H2,33,42)(H,34,43)/t21-,26+,27+,29-/m1/s1. The van der Waals surface area contributed by atoms with Gasteiger partial charge in [-0.1, -0.05) is 48.7 Å². The van der Waals surface area contributed by atoms with E-state index >= 15 is 0 Å². The molecule has 7 N–H and O–H groups in total. The summed E-state index contributed by atoms with van der Waals surface area (Å²) in [7, 11) is 6.51. The molecule has 1 aromatic carbocycles. The Morgan fingerprint density at radius 1 is 1.13 bits per heavy atom. The third-order valence-corrected chi connectivity index (χ3v) is 9.29. The lowest BCUT2D eigenvalue weighted by atomic mass is 9.46. The first-order chi connectivity index (χ1) is 20.5. The highest BCUT2D eigenvalue weighted by molar-refractivity contribution is 6.67. The van der Waals surface area contributed by atoms with E-state index in [4.69, 9.17) is 45.3 Å². The van der Waals surface area contributed by atoms with E-state index in [1.165, 1.54) is 25.9 Å². The minimum Gasteiger partial charge on any atom is -0.508 e. The molecule has 0 spiro atoms.